The molecule has 6 heteroatoms. The highest BCUT2D eigenvalue weighted by Crippen LogP contribution is 2.21. The Balaban J connectivity index is 3.05. The van der Waals surface area contributed by atoms with E-state index in [1.54, 1.807) is 13.0 Å². The minimum absolute atomic E-state index is 0.175. The SMILES string of the molecule is Cc1ccc([N+](=O)[O-])c(CC(O)C(=O)O)c1. The number of hydrogen-bond acceptors (Lipinski definition) is 4. The van der Waals surface area contributed by atoms with Crippen molar-refractivity contribution in [1.29, 1.82) is 0 Å². The number of aryl methyl sites for hydroxylation is 1. The molecule has 1 aromatic carbocycles. The second-order valence-electron chi connectivity index (χ2n) is 3.45. The molecule has 0 bridgehead atoms. The third-order valence-corrected chi connectivity index (χ3v) is 2.13. The van der Waals surface area contributed by atoms with Gasteiger partial charge in [0.2, 0.25) is 0 Å². The molecule has 6 nitrogen and oxygen atoms in total. The average molecular weight is 225 g/mol. The Labute approximate surface area is 91.3 Å². The van der Waals surface area contributed by atoms with Crippen molar-refractivity contribution in [2.24, 2.45) is 0 Å². The number of carboxylic acids is 1. The van der Waals surface area contributed by atoms with Crippen LogP contribution in [0.1, 0.15) is 11.1 Å². The van der Waals surface area contributed by atoms with Gasteiger partial charge in [-0.05, 0) is 13.0 Å². The Morgan fingerprint density at radius 3 is 2.69 bits per heavy atom. The van der Waals surface area contributed by atoms with Gasteiger partial charge in [0.25, 0.3) is 5.69 Å². The highest BCUT2D eigenvalue weighted by Gasteiger charge is 2.20. The summed E-state index contributed by atoms with van der Waals surface area (Å²) in [6.45, 7) is 1.74. The normalized spacial score (nSPS) is 12.1. The number of nitro groups is 1. The van der Waals surface area contributed by atoms with E-state index in [0.29, 0.717) is 0 Å². The van der Waals surface area contributed by atoms with Crippen LogP contribution in [0, 0.1) is 17.0 Å². The van der Waals surface area contributed by atoms with Crippen molar-refractivity contribution < 1.29 is 19.9 Å². The third-order valence-electron chi connectivity index (χ3n) is 2.13. The molecule has 0 aliphatic rings. The van der Waals surface area contributed by atoms with Gasteiger partial charge in [0.15, 0.2) is 6.10 Å². The first-order chi connectivity index (χ1) is 7.41. The van der Waals surface area contributed by atoms with Crippen molar-refractivity contribution in [3.8, 4) is 0 Å². The van der Waals surface area contributed by atoms with Gasteiger partial charge in [-0.3, -0.25) is 10.1 Å². The van der Waals surface area contributed by atoms with Gasteiger partial charge in [-0.25, -0.2) is 4.79 Å². The highest BCUT2D eigenvalue weighted by atomic mass is 16.6. The van der Waals surface area contributed by atoms with E-state index < -0.39 is 17.0 Å². The maximum atomic E-state index is 10.7. The molecule has 1 unspecified atom stereocenters. The molecule has 0 heterocycles. The summed E-state index contributed by atoms with van der Waals surface area (Å²) < 4.78 is 0. The smallest absolute Gasteiger partial charge is 0.332 e. The minimum Gasteiger partial charge on any atom is -0.479 e. The molecule has 0 fully saturated rings. The van der Waals surface area contributed by atoms with Gasteiger partial charge in [0.05, 0.1) is 4.92 Å². The lowest BCUT2D eigenvalue weighted by Crippen LogP contribution is -2.22. The number of carbonyl (C=O) groups is 1. The van der Waals surface area contributed by atoms with Crippen LogP contribution in [0.5, 0.6) is 0 Å². The molecule has 0 amide bonds. The van der Waals surface area contributed by atoms with Gasteiger partial charge in [0, 0.05) is 18.1 Å². The van der Waals surface area contributed by atoms with Crippen LogP contribution in [0.4, 0.5) is 5.69 Å². The molecule has 0 aliphatic heterocycles. The van der Waals surface area contributed by atoms with E-state index in [-0.39, 0.29) is 17.7 Å². The lowest BCUT2D eigenvalue weighted by atomic mass is 10.0. The van der Waals surface area contributed by atoms with Gasteiger partial charge in [-0.15, -0.1) is 0 Å². The Morgan fingerprint density at radius 2 is 2.19 bits per heavy atom. The van der Waals surface area contributed by atoms with Crippen molar-refractivity contribution in [3.05, 3.63) is 39.4 Å². The van der Waals surface area contributed by atoms with Crippen LogP contribution in [0.2, 0.25) is 0 Å². The zero-order valence-corrected chi connectivity index (χ0v) is 8.58. The molecule has 1 aromatic rings. The van der Waals surface area contributed by atoms with E-state index >= 15 is 0 Å². The molecule has 0 radical (unpaired) electrons. The topological polar surface area (TPSA) is 101 Å². The fourth-order valence-electron chi connectivity index (χ4n) is 1.35. The summed E-state index contributed by atoms with van der Waals surface area (Å²) in [4.78, 5) is 20.5. The molecule has 0 aliphatic carbocycles. The molecule has 16 heavy (non-hydrogen) atoms. The van der Waals surface area contributed by atoms with Gasteiger partial charge in [0.1, 0.15) is 0 Å². The fourth-order valence-corrected chi connectivity index (χ4v) is 1.35. The van der Waals surface area contributed by atoms with Crippen molar-refractivity contribution in [1.82, 2.24) is 0 Å². The Hall–Kier alpha value is -1.95. The van der Waals surface area contributed by atoms with Gasteiger partial charge in [-0.2, -0.15) is 0 Å². The Bertz CT molecular complexity index is 429. The molecule has 86 valence electrons. The highest BCUT2D eigenvalue weighted by molar-refractivity contribution is 5.72. The molecule has 0 saturated carbocycles. The summed E-state index contributed by atoms with van der Waals surface area (Å²) in [5, 5.41) is 28.3. The Kier molecular flexibility index (Phi) is 3.57. The summed E-state index contributed by atoms with van der Waals surface area (Å²) in [5.41, 5.74) is 0.823. The maximum Gasteiger partial charge on any atom is 0.332 e. The standard InChI is InChI=1S/C10H11NO5/c1-6-2-3-8(11(15)16)7(4-6)5-9(12)10(13)14/h2-4,9,12H,5H2,1H3,(H,13,14). The van der Waals surface area contributed by atoms with E-state index in [2.05, 4.69) is 0 Å². The molecular formula is C10H11NO5. The molecule has 1 rings (SSSR count). The number of aliphatic hydroxyl groups excluding tert-OH is 1. The number of rotatable bonds is 4. The van der Waals surface area contributed by atoms with Crippen LogP contribution >= 0.6 is 0 Å². The van der Waals surface area contributed by atoms with Gasteiger partial charge < -0.3 is 10.2 Å². The minimum atomic E-state index is -1.62. The van der Waals surface area contributed by atoms with Crippen molar-refractivity contribution >= 4 is 11.7 Å². The first kappa shape index (κ1) is 12.1. The lowest BCUT2D eigenvalue weighted by Gasteiger charge is -2.06. The average Bonchev–Trinajstić information content (AvgIpc) is 2.16. The number of aliphatic hydroxyl groups is 1. The lowest BCUT2D eigenvalue weighted by molar-refractivity contribution is -0.385. The van der Waals surface area contributed by atoms with Crippen LogP contribution < -0.4 is 0 Å². The van der Waals surface area contributed by atoms with Crippen LogP contribution in [-0.4, -0.2) is 27.2 Å². The summed E-state index contributed by atoms with van der Waals surface area (Å²) in [5.74, 6) is -1.39. The number of nitrogens with zero attached hydrogens (tertiary/aromatic N) is 1. The number of benzene rings is 1. The summed E-state index contributed by atoms with van der Waals surface area (Å²) in [6.07, 6.45) is -1.90. The molecule has 0 aromatic heterocycles. The first-order valence-corrected chi connectivity index (χ1v) is 4.56. The molecule has 0 spiro atoms. The number of nitro benzene ring substituents is 1. The van der Waals surface area contributed by atoms with E-state index in [1.807, 2.05) is 0 Å². The van der Waals surface area contributed by atoms with Crippen molar-refractivity contribution in [2.45, 2.75) is 19.4 Å². The second-order valence-corrected chi connectivity index (χ2v) is 3.45. The van der Waals surface area contributed by atoms with Crippen molar-refractivity contribution in [3.63, 3.8) is 0 Å². The largest absolute Gasteiger partial charge is 0.479 e. The fraction of sp³-hybridized carbons (Fsp3) is 0.300. The zero-order chi connectivity index (χ0) is 12.3. The molecule has 2 N–H and O–H groups in total. The maximum absolute atomic E-state index is 10.7. The van der Waals surface area contributed by atoms with E-state index in [1.165, 1.54) is 12.1 Å². The number of carboxylic acid groups (broad SMARTS) is 1. The van der Waals surface area contributed by atoms with Crippen LogP contribution in [-0.2, 0) is 11.2 Å². The van der Waals surface area contributed by atoms with Gasteiger partial charge >= 0.3 is 5.97 Å². The van der Waals surface area contributed by atoms with Crippen LogP contribution in [0.15, 0.2) is 18.2 Å². The second kappa shape index (κ2) is 4.71. The van der Waals surface area contributed by atoms with Crippen molar-refractivity contribution in [2.75, 3.05) is 0 Å². The van der Waals surface area contributed by atoms with Crippen LogP contribution in [0.25, 0.3) is 0 Å². The molecule has 1 atom stereocenters. The number of hydrogen-bond donors (Lipinski definition) is 2. The molecular weight excluding hydrogens is 214 g/mol. The summed E-state index contributed by atoms with van der Waals surface area (Å²) >= 11 is 0. The van der Waals surface area contributed by atoms with E-state index in [0.717, 1.165) is 5.56 Å². The Morgan fingerprint density at radius 1 is 1.56 bits per heavy atom. The summed E-state index contributed by atoms with van der Waals surface area (Å²) in [6, 6.07) is 4.37. The van der Waals surface area contributed by atoms with Crippen LogP contribution in [0.3, 0.4) is 0 Å². The van der Waals surface area contributed by atoms with E-state index in [4.69, 9.17) is 10.2 Å². The molecule has 0 saturated heterocycles. The predicted molar refractivity (Wildman–Crippen MR) is 55.2 cm³/mol. The first-order valence-electron chi connectivity index (χ1n) is 4.56. The predicted octanol–water partition coefficient (Wildman–Crippen LogP) is 0.891. The third kappa shape index (κ3) is 2.77. The monoisotopic (exact) mass is 225 g/mol. The summed E-state index contributed by atoms with van der Waals surface area (Å²) in [7, 11) is 0. The number of aliphatic carboxylic acids is 1. The zero-order valence-electron chi connectivity index (χ0n) is 8.58. The quantitative estimate of drug-likeness (QED) is 0.585. The van der Waals surface area contributed by atoms with Gasteiger partial charge in [-0.1, -0.05) is 11.6 Å². The van der Waals surface area contributed by atoms with E-state index in [9.17, 15) is 14.9 Å².